The average molecular weight is 256 g/mol. The van der Waals surface area contributed by atoms with E-state index in [-0.39, 0.29) is 6.79 Å². The van der Waals surface area contributed by atoms with E-state index in [1.54, 1.807) is 7.11 Å². The second-order valence-electron chi connectivity index (χ2n) is 4.51. The lowest BCUT2D eigenvalue weighted by atomic mass is 9.96. The van der Waals surface area contributed by atoms with Crippen molar-refractivity contribution in [1.29, 1.82) is 0 Å². The lowest BCUT2D eigenvalue weighted by Gasteiger charge is -2.21. The van der Waals surface area contributed by atoms with Gasteiger partial charge in [0.2, 0.25) is 6.79 Å². The summed E-state index contributed by atoms with van der Waals surface area (Å²) >= 11 is 0. The molecule has 0 aliphatic carbocycles. The largest absolute Gasteiger partial charge is 0.497 e. The van der Waals surface area contributed by atoms with Crippen molar-refractivity contribution in [3.05, 3.63) is 35.9 Å². The standard InChI is InChI=1S/C15H12O4/c1-16-10-2-3-11-12-6-15-14(18-8-19-15)4-9(12)7-17-13(11)5-10/h2-6H,7-8H2,1H3. The van der Waals surface area contributed by atoms with Gasteiger partial charge in [-0.3, -0.25) is 0 Å². The monoisotopic (exact) mass is 256 g/mol. The fourth-order valence-electron chi connectivity index (χ4n) is 2.48. The minimum absolute atomic E-state index is 0.286. The summed E-state index contributed by atoms with van der Waals surface area (Å²) in [6.07, 6.45) is 0. The van der Waals surface area contributed by atoms with Crippen LogP contribution in [0.4, 0.5) is 0 Å². The summed E-state index contributed by atoms with van der Waals surface area (Å²) in [5.41, 5.74) is 3.30. The van der Waals surface area contributed by atoms with E-state index >= 15 is 0 Å². The highest BCUT2D eigenvalue weighted by atomic mass is 16.7. The van der Waals surface area contributed by atoms with Crippen molar-refractivity contribution in [2.45, 2.75) is 6.61 Å². The Hall–Kier alpha value is -2.36. The molecule has 96 valence electrons. The Morgan fingerprint density at radius 3 is 2.58 bits per heavy atom. The highest BCUT2D eigenvalue weighted by Gasteiger charge is 2.23. The van der Waals surface area contributed by atoms with Crippen molar-refractivity contribution in [2.24, 2.45) is 0 Å². The number of ether oxygens (including phenoxy) is 4. The van der Waals surface area contributed by atoms with Gasteiger partial charge in [-0.1, -0.05) is 0 Å². The molecule has 0 atom stereocenters. The summed E-state index contributed by atoms with van der Waals surface area (Å²) in [6, 6.07) is 9.86. The second kappa shape index (κ2) is 3.82. The van der Waals surface area contributed by atoms with Crippen LogP contribution in [0.15, 0.2) is 30.3 Å². The molecule has 0 unspecified atom stereocenters. The van der Waals surface area contributed by atoms with Crippen molar-refractivity contribution >= 4 is 0 Å². The molecule has 19 heavy (non-hydrogen) atoms. The molecule has 4 nitrogen and oxygen atoms in total. The van der Waals surface area contributed by atoms with Crippen molar-refractivity contribution in [3.63, 3.8) is 0 Å². The molecule has 2 aliphatic rings. The second-order valence-corrected chi connectivity index (χ2v) is 4.51. The average Bonchev–Trinajstić information content (AvgIpc) is 2.91. The highest BCUT2D eigenvalue weighted by molar-refractivity contribution is 5.78. The minimum Gasteiger partial charge on any atom is -0.497 e. The fourth-order valence-corrected chi connectivity index (χ4v) is 2.48. The molecule has 4 heteroatoms. The number of hydrogen-bond donors (Lipinski definition) is 0. The quantitative estimate of drug-likeness (QED) is 0.786. The first-order valence-corrected chi connectivity index (χ1v) is 6.09. The molecule has 0 radical (unpaired) electrons. The third-order valence-electron chi connectivity index (χ3n) is 3.46. The summed E-state index contributed by atoms with van der Waals surface area (Å²) in [4.78, 5) is 0. The lowest BCUT2D eigenvalue weighted by molar-refractivity contribution is 0.174. The van der Waals surface area contributed by atoms with Gasteiger partial charge in [0.05, 0.1) is 7.11 Å². The van der Waals surface area contributed by atoms with E-state index in [2.05, 4.69) is 0 Å². The lowest BCUT2D eigenvalue weighted by Crippen LogP contribution is -2.05. The van der Waals surface area contributed by atoms with Gasteiger partial charge >= 0.3 is 0 Å². The van der Waals surface area contributed by atoms with E-state index < -0.39 is 0 Å². The smallest absolute Gasteiger partial charge is 0.231 e. The number of fused-ring (bicyclic) bond motifs is 4. The van der Waals surface area contributed by atoms with E-state index in [9.17, 15) is 0 Å². The van der Waals surface area contributed by atoms with Crippen LogP contribution in [0.1, 0.15) is 5.56 Å². The topological polar surface area (TPSA) is 36.9 Å². The van der Waals surface area contributed by atoms with Gasteiger partial charge in [0.25, 0.3) is 0 Å². The van der Waals surface area contributed by atoms with E-state index in [1.165, 1.54) is 0 Å². The predicted octanol–water partition coefficient (Wildman–Crippen LogP) is 2.98. The Bertz CT molecular complexity index is 663. The first-order valence-electron chi connectivity index (χ1n) is 6.09. The molecule has 0 spiro atoms. The first kappa shape index (κ1) is 10.6. The number of rotatable bonds is 1. The molecular weight excluding hydrogens is 244 g/mol. The van der Waals surface area contributed by atoms with Crippen LogP contribution in [0.3, 0.4) is 0 Å². The van der Waals surface area contributed by atoms with Crippen LogP contribution in [0.5, 0.6) is 23.0 Å². The van der Waals surface area contributed by atoms with E-state index in [0.29, 0.717) is 6.61 Å². The molecule has 2 aliphatic heterocycles. The van der Waals surface area contributed by atoms with Crippen molar-refractivity contribution in [3.8, 4) is 34.1 Å². The van der Waals surface area contributed by atoms with E-state index in [1.807, 2.05) is 30.3 Å². The summed E-state index contributed by atoms with van der Waals surface area (Å²) in [6.45, 7) is 0.820. The van der Waals surface area contributed by atoms with Gasteiger partial charge in [-0.05, 0) is 29.8 Å². The van der Waals surface area contributed by atoms with Gasteiger partial charge in [-0.2, -0.15) is 0 Å². The molecule has 0 bridgehead atoms. The molecule has 0 fully saturated rings. The molecule has 0 saturated heterocycles. The molecule has 2 heterocycles. The molecule has 0 saturated carbocycles. The maximum atomic E-state index is 5.78. The molecule has 0 aromatic heterocycles. The SMILES string of the molecule is COc1ccc2c(c1)OCc1cc3c(cc1-2)OCO3. The Kier molecular flexibility index (Phi) is 2.12. The van der Waals surface area contributed by atoms with Gasteiger partial charge in [0, 0.05) is 17.2 Å². The van der Waals surface area contributed by atoms with Crippen LogP contribution >= 0.6 is 0 Å². The maximum Gasteiger partial charge on any atom is 0.231 e. The van der Waals surface area contributed by atoms with Crippen molar-refractivity contribution < 1.29 is 18.9 Å². The number of benzene rings is 2. The zero-order chi connectivity index (χ0) is 12.8. The third kappa shape index (κ3) is 1.53. The minimum atomic E-state index is 0.286. The summed E-state index contributed by atoms with van der Waals surface area (Å²) in [5.74, 6) is 3.22. The molecule has 4 rings (SSSR count). The summed E-state index contributed by atoms with van der Waals surface area (Å²) in [5, 5.41) is 0. The zero-order valence-electron chi connectivity index (χ0n) is 10.4. The molecule has 2 aromatic carbocycles. The van der Waals surface area contributed by atoms with Crippen LogP contribution < -0.4 is 18.9 Å². The molecule has 2 aromatic rings. The third-order valence-corrected chi connectivity index (χ3v) is 3.46. The Morgan fingerprint density at radius 2 is 1.74 bits per heavy atom. The van der Waals surface area contributed by atoms with Crippen LogP contribution in [0, 0.1) is 0 Å². The van der Waals surface area contributed by atoms with Crippen molar-refractivity contribution in [2.75, 3.05) is 13.9 Å². The predicted molar refractivity (Wildman–Crippen MR) is 68.9 cm³/mol. The number of methoxy groups -OCH3 is 1. The summed E-state index contributed by atoms with van der Waals surface area (Å²) < 4.78 is 21.8. The normalized spacial score (nSPS) is 14.4. The molecule has 0 amide bonds. The molecular formula is C15H12O4. The summed E-state index contributed by atoms with van der Waals surface area (Å²) in [7, 11) is 1.65. The maximum absolute atomic E-state index is 5.78. The van der Waals surface area contributed by atoms with Gasteiger partial charge in [-0.25, -0.2) is 0 Å². The van der Waals surface area contributed by atoms with Crippen LogP contribution in [-0.4, -0.2) is 13.9 Å². The van der Waals surface area contributed by atoms with E-state index in [4.69, 9.17) is 18.9 Å². The zero-order valence-corrected chi connectivity index (χ0v) is 10.4. The highest BCUT2D eigenvalue weighted by Crippen LogP contribution is 2.45. The van der Waals surface area contributed by atoms with Gasteiger partial charge in [0.1, 0.15) is 18.1 Å². The van der Waals surface area contributed by atoms with Gasteiger partial charge in [-0.15, -0.1) is 0 Å². The Balaban J connectivity index is 1.89. The van der Waals surface area contributed by atoms with Crippen LogP contribution in [0.2, 0.25) is 0 Å². The van der Waals surface area contributed by atoms with Gasteiger partial charge in [0.15, 0.2) is 11.5 Å². The van der Waals surface area contributed by atoms with E-state index in [0.717, 1.165) is 39.7 Å². The van der Waals surface area contributed by atoms with Crippen molar-refractivity contribution in [1.82, 2.24) is 0 Å². The first-order chi connectivity index (χ1) is 9.35. The number of hydrogen-bond acceptors (Lipinski definition) is 4. The van der Waals surface area contributed by atoms with Gasteiger partial charge < -0.3 is 18.9 Å². The Morgan fingerprint density at radius 1 is 0.895 bits per heavy atom. The van der Waals surface area contributed by atoms with Crippen LogP contribution in [-0.2, 0) is 6.61 Å². The Labute approximate surface area is 110 Å². The molecule has 0 N–H and O–H groups in total. The van der Waals surface area contributed by atoms with Crippen LogP contribution in [0.25, 0.3) is 11.1 Å². The fraction of sp³-hybridized carbons (Fsp3) is 0.200.